The van der Waals surface area contributed by atoms with Crippen LogP contribution in [0.5, 0.6) is 0 Å². The first-order valence-corrected chi connectivity index (χ1v) is 7.11. The van der Waals surface area contributed by atoms with Crippen LogP contribution in [0.1, 0.15) is 5.56 Å². The SMILES string of the molecule is NC(=S)C1CN(Cc2cccc3cccnc23)CCO1. The second-order valence-corrected chi connectivity index (χ2v) is 5.46. The quantitative estimate of drug-likeness (QED) is 0.871. The van der Waals surface area contributed by atoms with Gasteiger partial charge in [-0.1, -0.05) is 36.5 Å². The number of pyridine rings is 1. The van der Waals surface area contributed by atoms with Crippen LogP contribution >= 0.6 is 12.2 Å². The van der Waals surface area contributed by atoms with Crippen molar-refractivity contribution in [3.63, 3.8) is 0 Å². The molecule has 20 heavy (non-hydrogen) atoms. The standard InChI is InChI=1S/C15H17N3OS/c16-15(20)13-10-18(7-8-19-13)9-12-4-1-3-11-5-2-6-17-14(11)12/h1-6,13H,7-10H2,(H2,16,20). The molecule has 1 aliphatic rings. The topological polar surface area (TPSA) is 51.4 Å². The van der Waals surface area contributed by atoms with Crippen LogP contribution in [0, 0.1) is 0 Å². The Morgan fingerprint density at radius 1 is 1.40 bits per heavy atom. The molecule has 0 radical (unpaired) electrons. The lowest BCUT2D eigenvalue weighted by Gasteiger charge is -2.32. The summed E-state index contributed by atoms with van der Waals surface area (Å²) in [5.41, 5.74) is 7.97. The average molecular weight is 287 g/mol. The fraction of sp³-hybridized carbons (Fsp3) is 0.333. The van der Waals surface area contributed by atoms with Crippen molar-refractivity contribution in [2.24, 2.45) is 5.73 Å². The van der Waals surface area contributed by atoms with E-state index in [1.807, 2.05) is 12.3 Å². The maximum atomic E-state index is 5.68. The highest BCUT2D eigenvalue weighted by molar-refractivity contribution is 7.80. The Bertz CT molecular complexity index is 626. The van der Waals surface area contributed by atoms with Gasteiger partial charge in [-0.25, -0.2) is 0 Å². The van der Waals surface area contributed by atoms with E-state index in [0.717, 1.165) is 25.2 Å². The average Bonchev–Trinajstić information content (AvgIpc) is 2.48. The van der Waals surface area contributed by atoms with E-state index in [4.69, 9.17) is 22.7 Å². The van der Waals surface area contributed by atoms with Crippen LogP contribution < -0.4 is 5.73 Å². The molecule has 1 unspecified atom stereocenters. The van der Waals surface area contributed by atoms with Crippen LogP contribution in [0.2, 0.25) is 0 Å². The normalized spacial score (nSPS) is 20.1. The van der Waals surface area contributed by atoms with Gasteiger partial charge in [0.15, 0.2) is 0 Å². The Kier molecular flexibility index (Phi) is 3.91. The number of para-hydroxylation sites is 1. The molecule has 0 bridgehead atoms. The summed E-state index contributed by atoms with van der Waals surface area (Å²) >= 11 is 5.02. The second-order valence-electron chi connectivity index (χ2n) is 4.99. The molecule has 0 saturated carbocycles. The van der Waals surface area contributed by atoms with Crippen molar-refractivity contribution in [3.8, 4) is 0 Å². The number of hydrogen-bond donors (Lipinski definition) is 1. The number of morpholine rings is 1. The van der Waals surface area contributed by atoms with Gasteiger partial charge in [-0.15, -0.1) is 0 Å². The zero-order valence-corrected chi connectivity index (χ0v) is 12.0. The number of benzene rings is 1. The predicted octanol–water partition coefficient (Wildman–Crippen LogP) is 1.72. The molecule has 0 amide bonds. The highest BCUT2D eigenvalue weighted by atomic mass is 32.1. The Hall–Kier alpha value is -1.56. The van der Waals surface area contributed by atoms with Crippen molar-refractivity contribution in [2.45, 2.75) is 12.6 Å². The number of rotatable bonds is 3. The molecule has 2 N–H and O–H groups in total. The molecule has 3 rings (SSSR count). The molecule has 1 atom stereocenters. The predicted molar refractivity (Wildman–Crippen MR) is 83.5 cm³/mol. The van der Waals surface area contributed by atoms with Crippen LogP contribution in [0.25, 0.3) is 10.9 Å². The molecule has 2 heterocycles. The lowest BCUT2D eigenvalue weighted by molar-refractivity contribution is 0.00404. The van der Waals surface area contributed by atoms with Gasteiger partial charge in [-0.3, -0.25) is 9.88 Å². The number of ether oxygens (including phenoxy) is 1. The van der Waals surface area contributed by atoms with Gasteiger partial charge in [0.2, 0.25) is 0 Å². The Morgan fingerprint density at radius 3 is 3.10 bits per heavy atom. The molecule has 104 valence electrons. The Labute approximate surface area is 123 Å². The monoisotopic (exact) mass is 287 g/mol. The van der Waals surface area contributed by atoms with E-state index < -0.39 is 0 Å². The Morgan fingerprint density at radius 2 is 2.25 bits per heavy atom. The number of hydrogen-bond acceptors (Lipinski definition) is 4. The molecular formula is C15H17N3OS. The van der Waals surface area contributed by atoms with Crippen molar-refractivity contribution in [3.05, 3.63) is 42.1 Å². The third-order valence-corrected chi connectivity index (χ3v) is 3.84. The zero-order valence-electron chi connectivity index (χ0n) is 11.2. The van der Waals surface area contributed by atoms with E-state index >= 15 is 0 Å². The molecule has 2 aromatic rings. The highest BCUT2D eigenvalue weighted by Gasteiger charge is 2.22. The van der Waals surface area contributed by atoms with Crippen molar-refractivity contribution in [2.75, 3.05) is 19.7 Å². The lowest BCUT2D eigenvalue weighted by Crippen LogP contribution is -2.47. The minimum absolute atomic E-state index is 0.137. The number of nitrogens with two attached hydrogens (primary N) is 1. The number of fused-ring (bicyclic) bond motifs is 1. The van der Waals surface area contributed by atoms with Crippen LogP contribution in [-0.4, -0.2) is 40.7 Å². The van der Waals surface area contributed by atoms with Crippen molar-refractivity contribution in [1.82, 2.24) is 9.88 Å². The lowest BCUT2D eigenvalue weighted by atomic mass is 10.1. The van der Waals surface area contributed by atoms with Gasteiger partial charge < -0.3 is 10.5 Å². The fourth-order valence-corrected chi connectivity index (χ4v) is 2.70. The van der Waals surface area contributed by atoms with Gasteiger partial charge in [-0.2, -0.15) is 0 Å². The van der Waals surface area contributed by atoms with Crippen LogP contribution in [0.3, 0.4) is 0 Å². The zero-order chi connectivity index (χ0) is 13.9. The molecular weight excluding hydrogens is 270 g/mol. The summed E-state index contributed by atoms with van der Waals surface area (Å²) in [6, 6.07) is 10.3. The van der Waals surface area contributed by atoms with E-state index in [0.29, 0.717) is 11.6 Å². The molecule has 0 spiro atoms. The van der Waals surface area contributed by atoms with Crippen molar-refractivity contribution < 1.29 is 4.74 Å². The Balaban J connectivity index is 1.81. The molecule has 1 aromatic heterocycles. The summed E-state index contributed by atoms with van der Waals surface area (Å²) in [7, 11) is 0. The van der Waals surface area contributed by atoms with Gasteiger partial charge in [0.1, 0.15) is 11.1 Å². The van der Waals surface area contributed by atoms with E-state index in [9.17, 15) is 0 Å². The number of aromatic nitrogens is 1. The summed E-state index contributed by atoms with van der Waals surface area (Å²) in [6.45, 7) is 3.15. The van der Waals surface area contributed by atoms with Crippen molar-refractivity contribution in [1.29, 1.82) is 0 Å². The smallest absolute Gasteiger partial charge is 0.120 e. The molecule has 1 aliphatic heterocycles. The third-order valence-electron chi connectivity index (χ3n) is 3.58. The first-order valence-electron chi connectivity index (χ1n) is 6.70. The molecule has 1 saturated heterocycles. The minimum atomic E-state index is -0.137. The van der Waals surface area contributed by atoms with Gasteiger partial charge >= 0.3 is 0 Å². The summed E-state index contributed by atoms with van der Waals surface area (Å²) < 4.78 is 5.57. The third kappa shape index (κ3) is 2.80. The van der Waals surface area contributed by atoms with Gasteiger partial charge in [0.25, 0.3) is 0 Å². The number of thiocarbonyl (C=S) groups is 1. The van der Waals surface area contributed by atoms with E-state index in [2.05, 4.69) is 34.1 Å². The maximum Gasteiger partial charge on any atom is 0.120 e. The van der Waals surface area contributed by atoms with Gasteiger partial charge in [-0.05, 0) is 11.6 Å². The van der Waals surface area contributed by atoms with E-state index in [1.54, 1.807) is 0 Å². The van der Waals surface area contributed by atoms with Crippen LogP contribution in [0.15, 0.2) is 36.5 Å². The summed E-state index contributed by atoms with van der Waals surface area (Å²) in [4.78, 5) is 7.24. The van der Waals surface area contributed by atoms with Gasteiger partial charge in [0.05, 0.1) is 12.1 Å². The summed E-state index contributed by atoms with van der Waals surface area (Å²) in [5, 5.41) is 1.17. The first kappa shape index (κ1) is 13.4. The highest BCUT2D eigenvalue weighted by Crippen LogP contribution is 2.19. The second kappa shape index (κ2) is 5.83. The summed E-state index contributed by atoms with van der Waals surface area (Å²) in [5.74, 6) is 0. The van der Waals surface area contributed by atoms with Crippen LogP contribution in [-0.2, 0) is 11.3 Å². The molecule has 4 nitrogen and oxygen atoms in total. The fourth-order valence-electron chi connectivity index (χ4n) is 2.55. The summed E-state index contributed by atoms with van der Waals surface area (Å²) in [6.07, 6.45) is 1.70. The molecule has 5 heteroatoms. The number of nitrogens with zero attached hydrogens (tertiary/aromatic N) is 2. The molecule has 0 aliphatic carbocycles. The first-order chi connectivity index (χ1) is 9.74. The van der Waals surface area contributed by atoms with Crippen molar-refractivity contribution >= 4 is 28.1 Å². The largest absolute Gasteiger partial charge is 0.391 e. The van der Waals surface area contributed by atoms with E-state index in [-0.39, 0.29) is 6.10 Å². The minimum Gasteiger partial charge on any atom is -0.391 e. The van der Waals surface area contributed by atoms with Crippen LogP contribution in [0.4, 0.5) is 0 Å². The maximum absolute atomic E-state index is 5.68. The van der Waals surface area contributed by atoms with Gasteiger partial charge in [0, 0.05) is 31.2 Å². The molecule has 1 aromatic carbocycles. The molecule has 1 fully saturated rings. The van der Waals surface area contributed by atoms with E-state index in [1.165, 1.54) is 10.9 Å².